The molecule has 0 amide bonds. The zero-order chi connectivity index (χ0) is 15.3. The standard InChI is InChI=1S/C13H16F2O.C2H4O2/c1-9-5-7-13(16,8-6-9)10-3-2-4-11(14)12(10)15;1-2(3)4/h2-4,9,16H,5-8H2,1H3;1H3,(H,3,4). The Morgan fingerprint density at radius 3 is 2.30 bits per heavy atom. The summed E-state index contributed by atoms with van der Waals surface area (Å²) in [5.41, 5.74) is -1.07. The Hall–Kier alpha value is -1.49. The molecule has 2 rings (SSSR count). The van der Waals surface area contributed by atoms with Gasteiger partial charge < -0.3 is 10.2 Å². The minimum Gasteiger partial charge on any atom is -0.481 e. The maximum atomic E-state index is 13.6. The number of carbonyl (C=O) groups is 1. The minimum atomic E-state index is -1.18. The average molecular weight is 286 g/mol. The molecule has 1 saturated carbocycles. The van der Waals surface area contributed by atoms with E-state index in [4.69, 9.17) is 9.90 Å². The van der Waals surface area contributed by atoms with Gasteiger partial charge in [-0.3, -0.25) is 4.79 Å². The highest BCUT2D eigenvalue weighted by molar-refractivity contribution is 5.62. The van der Waals surface area contributed by atoms with Crippen LogP contribution in [0, 0.1) is 17.6 Å². The van der Waals surface area contributed by atoms with Crippen LogP contribution >= 0.6 is 0 Å². The van der Waals surface area contributed by atoms with Crippen molar-refractivity contribution in [2.75, 3.05) is 0 Å². The molecule has 1 aromatic carbocycles. The SMILES string of the molecule is CC(=O)O.CC1CCC(O)(c2cccc(F)c2F)CC1. The van der Waals surface area contributed by atoms with Crippen molar-refractivity contribution in [1.29, 1.82) is 0 Å². The molecule has 0 radical (unpaired) electrons. The van der Waals surface area contributed by atoms with Gasteiger partial charge in [0.1, 0.15) is 0 Å². The van der Waals surface area contributed by atoms with Crippen LogP contribution in [0.3, 0.4) is 0 Å². The summed E-state index contributed by atoms with van der Waals surface area (Å²) in [6.45, 7) is 3.20. The van der Waals surface area contributed by atoms with E-state index in [-0.39, 0.29) is 5.56 Å². The molecule has 5 heteroatoms. The van der Waals surface area contributed by atoms with E-state index in [1.165, 1.54) is 12.1 Å². The first-order chi connectivity index (χ1) is 9.26. The Morgan fingerprint density at radius 1 is 1.30 bits per heavy atom. The van der Waals surface area contributed by atoms with E-state index >= 15 is 0 Å². The van der Waals surface area contributed by atoms with Crippen molar-refractivity contribution >= 4 is 5.97 Å². The maximum absolute atomic E-state index is 13.6. The molecule has 1 aliphatic carbocycles. The van der Waals surface area contributed by atoms with Gasteiger partial charge in [-0.1, -0.05) is 19.1 Å². The van der Waals surface area contributed by atoms with Crippen LogP contribution in [0.1, 0.15) is 45.1 Å². The molecule has 0 bridgehead atoms. The smallest absolute Gasteiger partial charge is 0.300 e. The summed E-state index contributed by atoms with van der Waals surface area (Å²) >= 11 is 0. The topological polar surface area (TPSA) is 57.5 Å². The van der Waals surface area contributed by atoms with E-state index in [2.05, 4.69) is 6.92 Å². The molecule has 1 aliphatic rings. The number of hydrogen-bond acceptors (Lipinski definition) is 2. The lowest BCUT2D eigenvalue weighted by atomic mass is 9.75. The predicted octanol–water partition coefficient (Wildman–Crippen LogP) is 3.45. The molecule has 20 heavy (non-hydrogen) atoms. The van der Waals surface area contributed by atoms with E-state index < -0.39 is 23.2 Å². The zero-order valence-electron chi connectivity index (χ0n) is 11.7. The quantitative estimate of drug-likeness (QED) is 0.831. The van der Waals surface area contributed by atoms with Gasteiger partial charge in [-0.15, -0.1) is 0 Å². The summed E-state index contributed by atoms with van der Waals surface area (Å²) in [4.78, 5) is 9.00. The summed E-state index contributed by atoms with van der Waals surface area (Å²) in [6.07, 6.45) is 2.72. The van der Waals surface area contributed by atoms with Crippen LogP contribution in [0.25, 0.3) is 0 Å². The Kier molecular flexibility index (Phi) is 5.62. The maximum Gasteiger partial charge on any atom is 0.300 e. The number of carboxylic acid groups (broad SMARTS) is 1. The van der Waals surface area contributed by atoms with Crippen molar-refractivity contribution in [2.45, 2.75) is 45.1 Å². The highest BCUT2D eigenvalue weighted by Crippen LogP contribution is 2.40. The number of aliphatic carboxylic acids is 1. The molecule has 3 nitrogen and oxygen atoms in total. The van der Waals surface area contributed by atoms with Crippen molar-refractivity contribution in [3.05, 3.63) is 35.4 Å². The van der Waals surface area contributed by atoms with Crippen molar-refractivity contribution in [2.24, 2.45) is 5.92 Å². The predicted molar refractivity (Wildman–Crippen MR) is 71.2 cm³/mol. The molecule has 0 spiro atoms. The van der Waals surface area contributed by atoms with Crippen LogP contribution in [0.4, 0.5) is 8.78 Å². The van der Waals surface area contributed by atoms with Gasteiger partial charge in [0, 0.05) is 12.5 Å². The van der Waals surface area contributed by atoms with Crippen LogP contribution in [-0.2, 0) is 10.4 Å². The largest absolute Gasteiger partial charge is 0.481 e. The van der Waals surface area contributed by atoms with E-state index in [9.17, 15) is 13.9 Å². The van der Waals surface area contributed by atoms with Crippen LogP contribution < -0.4 is 0 Å². The fourth-order valence-corrected chi connectivity index (χ4v) is 2.37. The van der Waals surface area contributed by atoms with E-state index in [0.717, 1.165) is 25.8 Å². The number of carboxylic acids is 1. The second-order valence-electron chi connectivity index (χ2n) is 5.33. The first-order valence-electron chi connectivity index (χ1n) is 6.62. The van der Waals surface area contributed by atoms with E-state index in [1.54, 1.807) is 0 Å². The summed E-state index contributed by atoms with van der Waals surface area (Å²) in [6, 6.07) is 4.01. The highest BCUT2D eigenvalue weighted by atomic mass is 19.2. The molecule has 0 heterocycles. The fraction of sp³-hybridized carbons (Fsp3) is 0.533. The second-order valence-corrected chi connectivity index (χ2v) is 5.33. The lowest BCUT2D eigenvalue weighted by molar-refractivity contribution is -0.134. The van der Waals surface area contributed by atoms with E-state index in [1.807, 2.05) is 0 Å². The van der Waals surface area contributed by atoms with Gasteiger partial charge in [0.25, 0.3) is 5.97 Å². The lowest BCUT2D eigenvalue weighted by Crippen LogP contribution is -2.32. The first-order valence-corrected chi connectivity index (χ1v) is 6.62. The van der Waals surface area contributed by atoms with Crippen LogP contribution in [0.2, 0.25) is 0 Å². The summed E-state index contributed by atoms with van der Waals surface area (Å²) in [7, 11) is 0. The molecule has 1 fully saturated rings. The molecule has 1 aromatic rings. The van der Waals surface area contributed by atoms with Crippen LogP contribution in [-0.4, -0.2) is 16.2 Å². The monoisotopic (exact) mass is 286 g/mol. The zero-order valence-corrected chi connectivity index (χ0v) is 11.7. The van der Waals surface area contributed by atoms with Crippen molar-refractivity contribution in [1.82, 2.24) is 0 Å². The molecule has 0 aliphatic heterocycles. The minimum absolute atomic E-state index is 0.111. The highest BCUT2D eigenvalue weighted by Gasteiger charge is 2.36. The molecule has 112 valence electrons. The Morgan fingerprint density at radius 2 is 1.80 bits per heavy atom. The molecule has 0 saturated heterocycles. The van der Waals surface area contributed by atoms with Gasteiger partial charge >= 0.3 is 0 Å². The molecule has 0 unspecified atom stereocenters. The number of rotatable bonds is 1. The fourth-order valence-electron chi connectivity index (χ4n) is 2.37. The van der Waals surface area contributed by atoms with Crippen molar-refractivity contribution in [3.8, 4) is 0 Å². The third-order valence-electron chi connectivity index (χ3n) is 3.55. The number of aliphatic hydroxyl groups is 1. The average Bonchev–Trinajstić information content (AvgIpc) is 2.36. The first kappa shape index (κ1) is 16.6. The summed E-state index contributed by atoms with van der Waals surface area (Å²) < 4.78 is 26.7. The van der Waals surface area contributed by atoms with Gasteiger partial charge in [0.05, 0.1) is 5.60 Å². The lowest BCUT2D eigenvalue weighted by Gasteiger charge is -2.35. The molecule has 0 aromatic heterocycles. The third kappa shape index (κ3) is 4.27. The van der Waals surface area contributed by atoms with Crippen LogP contribution in [0.15, 0.2) is 18.2 Å². The van der Waals surface area contributed by atoms with Gasteiger partial charge in [-0.25, -0.2) is 8.78 Å². The number of halogens is 2. The molecular weight excluding hydrogens is 266 g/mol. The second kappa shape index (κ2) is 6.79. The van der Waals surface area contributed by atoms with Gasteiger partial charge in [-0.2, -0.15) is 0 Å². The number of benzene rings is 1. The van der Waals surface area contributed by atoms with Crippen LogP contribution in [0.5, 0.6) is 0 Å². The number of hydrogen-bond donors (Lipinski definition) is 2. The summed E-state index contributed by atoms with van der Waals surface area (Å²) in [5.74, 6) is -2.07. The Balaban J connectivity index is 0.000000444. The van der Waals surface area contributed by atoms with Gasteiger partial charge in [0.2, 0.25) is 0 Å². The van der Waals surface area contributed by atoms with Gasteiger partial charge in [-0.05, 0) is 37.7 Å². The Bertz CT molecular complexity index is 462. The van der Waals surface area contributed by atoms with Crippen molar-refractivity contribution < 1.29 is 23.8 Å². The van der Waals surface area contributed by atoms with Crippen molar-refractivity contribution in [3.63, 3.8) is 0 Å². The third-order valence-corrected chi connectivity index (χ3v) is 3.55. The molecule has 2 N–H and O–H groups in total. The molecular formula is C15H20F2O3. The van der Waals surface area contributed by atoms with Gasteiger partial charge in [0.15, 0.2) is 11.6 Å². The molecule has 0 atom stereocenters. The normalized spacial score (nSPS) is 25.6. The Labute approximate surface area is 117 Å². The summed E-state index contributed by atoms with van der Waals surface area (Å²) in [5, 5.41) is 17.8. The van der Waals surface area contributed by atoms with E-state index in [0.29, 0.717) is 18.8 Å².